The molecule has 1 aromatic carbocycles. The molecule has 0 radical (unpaired) electrons. The van der Waals surface area contributed by atoms with Crippen LogP contribution in [0.1, 0.15) is 5.56 Å². The summed E-state index contributed by atoms with van der Waals surface area (Å²) < 4.78 is 11.0. The molecule has 0 saturated heterocycles. The molecule has 3 aromatic rings. The second-order valence-electron chi connectivity index (χ2n) is 5.87. The minimum Gasteiger partial charge on any atom is -0.486 e. The molecule has 4 rings (SSSR count). The average molecular weight is 380 g/mol. The van der Waals surface area contributed by atoms with Gasteiger partial charge in [-0.3, -0.25) is 15.1 Å². The second-order valence-corrected chi connectivity index (χ2v) is 5.87. The van der Waals surface area contributed by atoms with Crippen molar-refractivity contribution in [1.29, 1.82) is 0 Å². The summed E-state index contributed by atoms with van der Waals surface area (Å²) in [4.78, 5) is 23.2. The summed E-state index contributed by atoms with van der Waals surface area (Å²) in [6.45, 7) is 1.28. The van der Waals surface area contributed by atoms with Gasteiger partial charge in [0, 0.05) is 30.7 Å². The van der Waals surface area contributed by atoms with E-state index in [1.54, 1.807) is 36.7 Å². The third-order valence-corrected chi connectivity index (χ3v) is 3.99. The molecule has 2 N–H and O–H groups in total. The van der Waals surface area contributed by atoms with Gasteiger partial charge in [-0.2, -0.15) is 0 Å². The van der Waals surface area contributed by atoms with E-state index < -0.39 is 4.92 Å². The number of hydrogen-bond acceptors (Lipinski definition) is 9. The molecule has 0 saturated carbocycles. The van der Waals surface area contributed by atoms with Crippen LogP contribution in [0.15, 0.2) is 49.1 Å². The maximum Gasteiger partial charge on any atom is 0.353 e. The molecule has 28 heavy (non-hydrogen) atoms. The monoisotopic (exact) mass is 380 g/mol. The number of pyridine rings is 1. The van der Waals surface area contributed by atoms with Crippen LogP contribution in [0.2, 0.25) is 0 Å². The van der Waals surface area contributed by atoms with Crippen LogP contribution in [0.5, 0.6) is 11.5 Å². The van der Waals surface area contributed by atoms with Crippen LogP contribution in [-0.4, -0.2) is 33.1 Å². The molecule has 3 heterocycles. The van der Waals surface area contributed by atoms with E-state index in [9.17, 15) is 10.1 Å². The summed E-state index contributed by atoms with van der Waals surface area (Å²) in [5, 5.41) is 17.6. The normalized spacial score (nSPS) is 12.3. The van der Waals surface area contributed by atoms with Crippen LogP contribution in [-0.2, 0) is 6.54 Å². The topological polar surface area (TPSA) is 124 Å². The Morgan fingerprint density at radius 2 is 1.93 bits per heavy atom. The van der Waals surface area contributed by atoms with E-state index in [0.29, 0.717) is 36.9 Å². The summed E-state index contributed by atoms with van der Waals surface area (Å²) >= 11 is 0. The van der Waals surface area contributed by atoms with E-state index in [4.69, 9.17) is 9.47 Å². The summed E-state index contributed by atoms with van der Waals surface area (Å²) in [6, 6.07) is 8.85. The average Bonchev–Trinajstić information content (AvgIpc) is 2.73. The Morgan fingerprint density at radius 1 is 1.11 bits per heavy atom. The predicted molar refractivity (Wildman–Crippen MR) is 101 cm³/mol. The molecule has 10 heteroatoms. The lowest BCUT2D eigenvalue weighted by Crippen LogP contribution is -2.15. The molecule has 0 fully saturated rings. The number of hydrogen-bond donors (Lipinski definition) is 2. The largest absolute Gasteiger partial charge is 0.486 e. The molecule has 0 atom stereocenters. The van der Waals surface area contributed by atoms with Crippen molar-refractivity contribution in [3.05, 3.63) is 64.7 Å². The van der Waals surface area contributed by atoms with Crippen molar-refractivity contribution in [3.63, 3.8) is 0 Å². The van der Waals surface area contributed by atoms with Crippen LogP contribution in [0.3, 0.4) is 0 Å². The molecular weight excluding hydrogens is 364 g/mol. The highest BCUT2D eigenvalue weighted by atomic mass is 16.6. The first-order chi connectivity index (χ1) is 13.7. The summed E-state index contributed by atoms with van der Waals surface area (Å²) in [5.41, 5.74) is 1.21. The van der Waals surface area contributed by atoms with Gasteiger partial charge in [-0.05, 0) is 23.8 Å². The number of ether oxygens (including phenoxy) is 2. The van der Waals surface area contributed by atoms with Crippen molar-refractivity contribution in [2.75, 3.05) is 23.8 Å². The number of aromatic nitrogens is 3. The first kappa shape index (κ1) is 17.5. The van der Waals surface area contributed by atoms with Gasteiger partial charge < -0.3 is 20.1 Å². The molecule has 142 valence electrons. The van der Waals surface area contributed by atoms with E-state index in [1.807, 2.05) is 6.07 Å². The number of nitrogens with zero attached hydrogens (tertiary/aromatic N) is 4. The Bertz CT molecular complexity index is 999. The molecule has 10 nitrogen and oxygen atoms in total. The van der Waals surface area contributed by atoms with Crippen LogP contribution in [0.25, 0.3) is 0 Å². The minimum absolute atomic E-state index is 0.0744. The molecule has 0 spiro atoms. The van der Waals surface area contributed by atoms with Crippen molar-refractivity contribution >= 4 is 23.0 Å². The molecule has 1 aliphatic heterocycles. The molecule has 2 aromatic heterocycles. The smallest absolute Gasteiger partial charge is 0.353 e. The maximum atomic E-state index is 11.7. The fourth-order valence-electron chi connectivity index (χ4n) is 2.72. The lowest BCUT2D eigenvalue weighted by Gasteiger charge is -2.19. The quantitative estimate of drug-likeness (QED) is 0.490. The molecule has 1 aliphatic rings. The summed E-state index contributed by atoms with van der Waals surface area (Å²) in [7, 11) is 0. The number of nitrogens with one attached hydrogen (secondary N) is 2. The fraction of sp³-hybridized carbons (Fsp3) is 0.167. The Hall–Kier alpha value is -3.95. The SMILES string of the molecule is O=[N+]([O-])c1c(NCc2cccnc2)ncnc1Nc1ccc2c(c1)OCCO2. The highest BCUT2D eigenvalue weighted by Gasteiger charge is 2.23. The second kappa shape index (κ2) is 7.74. The molecule has 0 bridgehead atoms. The maximum absolute atomic E-state index is 11.7. The third kappa shape index (κ3) is 3.75. The Kier molecular flexibility index (Phi) is 4.83. The first-order valence-electron chi connectivity index (χ1n) is 8.49. The molecule has 0 amide bonds. The van der Waals surface area contributed by atoms with Crippen LogP contribution in [0, 0.1) is 10.1 Å². The highest BCUT2D eigenvalue weighted by molar-refractivity contribution is 5.74. The van der Waals surface area contributed by atoms with Crippen LogP contribution >= 0.6 is 0 Å². The van der Waals surface area contributed by atoms with E-state index in [-0.39, 0.29) is 17.3 Å². The van der Waals surface area contributed by atoms with E-state index in [2.05, 4.69) is 25.6 Å². The number of anilines is 3. The lowest BCUT2D eigenvalue weighted by atomic mass is 10.2. The van der Waals surface area contributed by atoms with Gasteiger partial charge >= 0.3 is 5.69 Å². The highest BCUT2D eigenvalue weighted by Crippen LogP contribution is 2.36. The van der Waals surface area contributed by atoms with Crippen molar-refractivity contribution in [2.45, 2.75) is 6.54 Å². The lowest BCUT2D eigenvalue weighted by molar-refractivity contribution is -0.383. The van der Waals surface area contributed by atoms with Crippen molar-refractivity contribution < 1.29 is 14.4 Å². The van der Waals surface area contributed by atoms with Gasteiger partial charge in [0.2, 0.25) is 11.6 Å². The van der Waals surface area contributed by atoms with Gasteiger partial charge in [0.1, 0.15) is 19.5 Å². The van der Waals surface area contributed by atoms with Crippen molar-refractivity contribution in [1.82, 2.24) is 15.0 Å². The fourth-order valence-corrected chi connectivity index (χ4v) is 2.72. The molecule has 0 aliphatic carbocycles. The van der Waals surface area contributed by atoms with Gasteiger partial charge in [-0.1, -0.05) is 6.07 Å². The number of benzene rings is 1. The van der Waals surface area contributed by atoms with Gasteiger partial charge in [-0.25, -0.2) is 9.97 Å². The Morgan fingerprint density at radius 3 is 2.71 bits per heavy atom. The third-order valence-electron chi connectivity index (χ3n) is 3.99. The number of rotatable bonds is 6. The zero-order valence-corrected chi connectivity index (χ0v) is 14.7. The zero-order chi connectivity index (χ0) is 19.3. The Balaban J connectivity index is 1.59. The van der Waals surface area contributed by atoms with Gasteiger partial charge in [0.05, 0.1) is 4.92 Å². The van der Waals surface area contributed by atoms with E-state index >= 15 is 0 Å². The number of nitro groups is 1. The standard InChI is InChI=1S/C18H16N6O4/c25-24(26)16-17(20-10-12-2-1-5-19-9-12)21-11-22-18(16)23-13-3-4-14-15(8-13)28-7-6-27-14/h1-5,8-9,11H,6-7,10H2,(H2,20,21,22,23). The van der Waals surface area contributed by atoms with Crippen molar-refractivity contribution in [2.24, 2.45) is 0 Å². The van der Waals surface area contributed by atoms with Crippen LogP contribution < -0.4 is 20.1 Å². The zero-order valence-electron chi connectivity index (χ0n) is 14.7. The van der Waals surface area contributed by atoms with Gasteiger partial charge in [0.25, 0.3) is 0 Å². The number of fused-ring (bicyclic) bond motifs is 1. The van der Waals surface area contributed by atoms with E-state index in [1.165, 1.54) is 6.33 Å². The minimum atomic E-state index is -0.522. The Labute approximate surface area is 159 Å². The summed E-state index contributed by atoms with van der Waals surface area (Å²) in [6.07, 6.45) is 4.60. The van der Waals surface area contributed by atoms with Gasteiger partial charge in [0.15, 0.2) is 11.5 Å². The molecule has 0 unspecified atom stereocenters. The first-order valence-corrected chi connectivity index (χ1v) is 8.49. The van der Waals surface area contributed by atoms with E-state index in [0.717, 1.165) is 5.56 Å². The van der Waals surface area contributed by atoms with Crippen molar-refractivity contribution in [3.8, 4) is 11.5 Å². The molecular formula is C18H16N6O4. The summed E-state index contributed by atoms with van der Waals surface area (Å²) in [5.74, 6) is 1.39. The van der Waals surface area contributed by atoms with Gasteiger partial charge in [-0.15, -0.1) is 0 Å². The predicted octanol–water partition coefficient (Wildman–Crippen LogP) is 2.91. The van der Waals surface area contributed by atoms with Crippen LogP contribution in [0.4, 0.5) is 23.0 Å².